The Labute approximate surface area is 106 Å². The molecule has 1 rings (SSSR count). The maximum atomic E-state index is 11.2. The summed E-state index contributed by atoms with van der Waals surface area (Å²) < 4.78 is 9.95. The molecule has 0 saturated heterocycles. The fourth-order valence-corrected chi connectivity index (χ4v) is 1.42. The van der Waals surface area contributed by atoms with Crippen molar-refractivity contribution in [2.75, 3.05) is 13.2 Å². The maximum Gasteiger partial charge on any atom is 0.344 e. The van der Waals surface area contributed by atoms with Gasteiger partial charge in [0, 0.05) is 0 Å². The van der Waals surface area contributed by atoms with E-state index in [1.165, 1.54) is 0 Å². The number of carbonyl (C=O) groups is 2. The Morgan fingerprint density at radius 2 is 1.89 bits per heavy atom. The van der Waals surface area contributed by atoms with Gasteiger partial charge >= 0.3 is 5.97 Å². The molecular weight excluding hydrogens is 234 g/mol. The number of esters is 1. The van der Waals surface area contributed by atoms with E-state index in [2.05, 4.69) is 4.74 Å². The van der Waals surface area contributed by atoms with E-state index in [1.54, 1.807) is 6.07 Å². The number of hydrogen-bond donors (Lipinski definition) is 1. The molecule has 1 aromatic rings. The summed E-state index contributed by atoms with van der Waals surface area (Å²) in [7, 11) is 0. The van der Waals surface area contributed by atoms with E-state index >= 15 is 0 Å². The van der Waals surface area contributed by atoms with Gasteiger partial charge in [-0.2, -0.15) is 0 Å². The summed E-state index contributed by atoms with van der Waals surface area (Å²) in [5.74, 6) is -0.371. The van der Waals surface area contributed by atoms with Gasteiger partial charge in [-0.15, -0.1) is 0 Å². The molecule has 0 unspecified atom stereocenters. The van der Waals surface area contributed by atoms with Crippen molar-refractivity contribution >= 4 is 11.9 Å². The molecule has 0 aromatic heterocycles. The minimum Gasteiger partial charge on any atom is -0.482 e. The highest BCUT2D eigenvalue weighted by Crippen LogP contribution is 2.25. The van der Waals surface area contributed by atoms with E-state index in [9.17, 15) is 9.59 Å². The van der Waals surface area contributed by atoms with E-state index in [4.69, 9.17) is 10.5 Å². The van der Waals surface area contributed by atoms with Crippen LogP contribution in [0.3, 0.4) is 0 Å². The summed E-state index contributed by atoms with van der Waals surface area (Å²) >= 11 is 0. The van der Waals surface area contributed by atoms with Crippen LogP contribution in [0.2, 0.25) is 0 Å². The van der Waals surface area contributed by atoms with Crippen LogP contribution >= 0.6 is 0 Å². The number of para-hydroxylation sites is 1. The highest BCUT2D eigenvalue weighted by Gasteiger charge is 2.10. The number of ether oxygens (including phenoxy) is 2. The molecule has 0 saturated carbocycles. The van der Waals surface area contributed by atoms with Crippen molar-refractivity contribution in [3.8, 4) is 5.75 Å². The monoisotopic (exact) mass is 251 g/mol. The van der Waals surface area contributed by atoms with Gasteiger partial charge in [-0.1, -0.05) is 32.0 Å². The zero-order chi connectivity index (χ0) is 13.5. The number of benzene rings is 1. The summed E-state index contributed by atoms with van der Waals surface area (Å²) in [5, 5.41) is 0. The van der Waals surface area contributed by atoms with Crippen LogP contribution in [-0.4, -0.2) is 25.1 Å². The maximum absolute atomic E-state index is 11.2. The average Bonchev–Trinajstić information content (AvgIpc) is 2.34. The first-order chi connectivity index (χ1) is 8.50. The number of hydrogen-bond acceptors (Lipinski definition) is 4. The summed E-state index contributed by atoms with van der Waals surface area (Å²) in [6.45, 7) is 3.41. The van der Waals surface area contributed by atoms with Gasteiger partial charge in [-0.3, -0.25) is 4.79 Å². The Hall–Kier alpha value is -2.04. The minimum absolute atomic E-state index is 0.239. The Balaban J connectivity index is 2.53. The molecule has 2 N–H and O–H groups in total. The quantitative estimate of drug-likeness (QED) is 0.771. The molecule has 18 heavy (non-hydrogen) atoms. The van der Waals surface area contributed by atoms with Gasteiger partial charge in [0.1, 0.15) is 5.75 Å². The Bertz CT molecular complexity index is 429. The van der Waals surface area contributed by atoms with E-state index in [0.29, 0.717) is 11.7 Å². The van der Waals surface area contributed by atoms with Gasteiger partial charge in [-0.25, -0.2) is 4.79 Å². The van der Waals surface area contributed by atoms with Crippen LogP contribution in [0.4, 0.5) is 0 Å². The normalized spacial score (nSPS) is 10.2. The average molecular weight is 251 g/mol. The third-order valence-electron chi connectivity index (χ3n) is 2.26. The molecular formula is C13H17NO4. The predicted molar refractivity (Wildman–Crippen MR) is 66.2 cm³/mol. The summed E-state index contributed by atoms with van der Waals surface area (Å²) in [6.07, 6.45) is 0. The third-order valence-corrected chi connectivity index (χ3v) is 2.26. The highest BCUT2D eigenvalue weighted by atomic mass is 16.6. The zero-order valence-corrected chi connectivity index (χ0v) is 10.5. The van der Waals surface area contributed by atoms with Gasteiger partial charge in [0.2, 0.25) is 0 Å². The van der Waals surface area contributed by atoms with Crippen LogP contribution in [0, 0.1) is 0 Å². The SMILES string of the molecule is CC(C)c1ccccc1OCC(=O)OCC(N)=O. The Morgan fingerprint density at radius 3 is 2.50 bits per heavy atom. The third kappa shape index (κ3) is 4.45. The highest BCUT2D eigenvalue weighted by molar-refractivity contribution is 5.79. The molecule has 5 heteroatoms. The number of primary amides is 1. The molecule has 0 bridgehead atoms. The molecule has 0 radical (unpaired) electrons. The first kappa shape index (κ1) is 14.0. The lowest BCUT2D eigenvalue weighted by Gasteiger charge is -2.13. The summed E-state index contributed by atoms with van der Waals surface area (Å²) in [5.41, 5.74) is 5.87. The smallest absolute Gasteiger partial charge is 0.344 e. The molecule has 5 nitrogen and oxygen atoms in total. The van der Waals surface area contributed by atoms with Crippen molar-refractivity contribution in [1.82, 2.24) is 0 Å². The largest absolute Gasteiger partial charge is 0.482 e. The lowest BCUT2D eigenvalue weighted by molar-refractivity contribution is -0.149. The van der Waals surface area contributed by atoms with Gasteiger partial charge in [-0.05, 0) is 17.5 Å². The lowest BCUT2D eigenvalue weighted by atomic mass is 10.0. The second kappa shape index (κ2) is 6.64. The fourth-order valence-electron chi connectivity index (χ4n) is 1.42. The Morgan fingerprint density at radius 1 is 1.22 bits per heavy atom. The van der Waals surface area contributed by atoms with Crippen molar-refractivity contribution in [3.05, 3.63) is 29.8 Å². The lowest BCUT2D eigenvalue weighted by Crippen LogP contribution is -2.24. The molecule has 0 fully saturated rings. The van der Waals surface area contributed by atoms with E-state index < -0.39 is 18.5 Å². The predicted octanol–water partition coefficient (Wildman–Crippen LogP) is 1.22. The van der Waals surface area contributed by atoms with E-state index in [1.807, 2.05) is 32.0 Å². The molecule has 0 aliphatic rings. The zero-order valence-electron chi connectivity index (χ0n) is 10.5. The van der Waals surface area contributed by atoms with Gasteiger partial charge in [0.25, 0.3) is 5.91 Å². The minimum atomic E-state index is -0.689. The number of carbonyl (C=O) groups excluding carboxylic acids is 2. The molecule has 0 spiro atoms. The van der Waals surface area contributed by atoms with Crippen molar-refractivity contribution in [2.24, 2.45) is 5.73 Å². The van der Waals surface area contributed by atoms with Crippen LogP contribution in [-0.2, 0) is 14.3 Å². The van der Waals surface area contributed by atoms with E-state index in [-0.39, 0.29) is 6.61 Å². The molecule has 98 valence electrons. The van der Waals surface area contributed by atoms with E-state index in [0.717, 1.165) is 5.56 Å². The van der Waals surface area contributed by atoms with Gasteiger partial charge in [0.05, 0.1) is 0 Å². The number of nitrogens with two attached hydrogens (primary N) is 1. The fraction of sp³-hybridized carbons (Fsp3) is 0.385. The number of amides is 1. The van der Waals surface area contributed by atoms with Crippen molar-refractivity contribution in [2.45, 2.75) is 19.8 Å². The first-order valence-electron chi connectivity index (χ1n) is 5.66. The molecule has 0 aliphatic carbocycles. The van der Waals surface area contributed by atoms with Crippen molar-refractivity contribution in [1.29, 1.82) is 0 Å². The summed E-state index contributed by atoms with van der Waals surface area (Å²) in [4.78, 5) is 21.7. The molecule has 0 heterocycles. The van der Waals surface area contributed by atoms with Gasteiger partial charge in [0.15, 0.2) is 13.2 Å². The Kier molecular flexibility index (Phi) is 5.17. The molecule has 0 atom stereocenters. The van der Waals surface area contributed by atoms with Gasteiger partial charge < -0.3 is 15.2 Å². The van der Waals surface area contributed by atoms with Crippen LogP contribution in [0.25, 0.3) is 0 Å². The number of rotatable bonds is 6. The standard InChI is InChI=1S/C13H17NO4/c1-9(2)10-5-3-4-6-11(10)17-8-13(16)18-7-12(14)15/h3-6,9H,7-8H2,1-2H3,(H2,14,15). The molecule has 1 amide bonds. The summed E-state index contributed by atoms with van der Waals surface area (Å²) in [6, 6.07) is 7.47. The van der Waals surface area contributed by atoms with Crippen LogP contribution in [0.1, 0.15) is 25.3 Å². The van der Waals surface area contributed by atoms with Crippen LogP contribution in [0.15, 0.2) is 24.3 Å². The first-order valence-corrected chi connectivity index (χ1v) is 5.66. The second-order valence-corrected chi connectivity index (χ2v) is 4.11. The topological polar surface area (TPSA) is 78.6 Å². The van der Waals surface area contributed by atoms with Crippen LogP contribution < -0.4 is 10.5 Å². The molecule has 0 aliphatic heterocycles. The molecule has 1 aromatic carbocycles. The van der Waals surface area contributed by atoms with Crippen LogP contribution in [0.5, 0.6) is 5.75 Å². The second-order valence-electron chi connectivity index (χ2n) is 4.11. The van der Waals surface area contributed by atoms with Crippen molar-refractivity contribution < 1.29 is 19.1 Å². The van der Waals surface area contributed by atoms with Crippen molar-refractivity contribution in [3.63, 3.8) is 0 Å².